The maximum Gasteiger partial charge on any atom is 0.264 e. The Hall–Kier alpha value is -3.65. The summed E-state index contributed by atoms with van der Waals surface area (Å²) >= 11 is 0. The second-order valence-electron chi connectivity index (χ2n) is 9.63. The van der Waals surface area contributed by atoms with Crippen LogP contribution < -0.4 is 9.62 Å². The van der Waals surface area contributed by atoms with Gasteiger partial charge in [-0.1, -0.05) is 80.9 Å². The van der Waals surface area contributed by atoms with Crippen LogP contribution in [0.3, 0.4) is 0 Å². The number of rotatable bonds is 13. The number of hydrogen-bond acceptors (Lipinski definition) is 4. The Morgan fingerprint density at radius 3 is 2.08 bits per heavy atom. The first kappa shape index (κ1) is 29.9. The highest BCUT2D eigenvalue weighted by Crippen LogP contribution is 2.27. The molecule has 1 N–H and O–H groups in total. The number of unbranched alkanes of at least 4 members (excludes halogenated alkanes) is 1. The molecule has 3 aromatic carbocycles. The van der Waals surface area contributed by atoms with E-state index in [2.05, 4.69) is 5.32 Å². The van der Waals surface area contributed by atoms with E-state index in [1.165, 1.54) is 17.0 Å². The van der Waals surface area contributed by atoms with Crippen LogP contribution in [0.4, 0.5) is 5.69 Å². The molecule has 3 rings (SSSR count). The van der Waals surface area contributed by atoms with Crippen molar-refractivity contribution in [2.45, 2.75) is 64.4 Å². The SMILES string of the molecule is CCCCNC(=O)[C@H](CC)N(Cc1ccccc1C)C(=O)CN(c1ccccc1C)S(=O)(=O)c1ccccc1. The molecule has 0 aliphatic carbocycles. The molecule has 0 bridgehead atoms. The summed E-state index contributed by atoms with van der Waals surface area (Å²) in [6, 6.07) is 22.1. The Morgan fingerprint density at radius 2 is 1.46 bits per heavy atom. The van der Waals surface area contributed by atoms with Crippen molar-refractivity contribution in [3.63, 3.8) is 0 Å². The maximum atomic E-state index is 14.1. The van der Waals surface area contributed by atoms with Gasteiger partial charge in [-0.15, -0.1) is 0 Å². The molecule has 0 aromatic heterocycles. The monoisotopic (exact) mass is 549 g/mol. The molecule has 0 heterocycles. The van der Waals surface area contributed by atoms with Crippen molar-refractivity contribution in [1.29, 1.82) is 0 Å². The zero-order valence-corrected chi connectivity index (χ0v) is 24.1. The summed E-state index contributed by atoms with van der Waals surface area (Å²) in [5, 5.41) is 2.96. The van der Waals surface area contributed by atoms with Gasteiger partial charge in [-0.05, 0) is 61.6 Å². The number of carbonyl (C=O) groups excluding carboxylic acids is 2. The van der Waals surface area contributed by atoms with Crippen LogP contribution in [-0.2, 0) is 26.2 Å². The van der Waals surface area contributed by atoms with Gasteiger partial charge in [0, 0.05) is 13.1 Å². The third kappa shape index (κ3) is 7.47. The van der Waals surface area contributed by atoms with Crippen molar-refractivity contribution in [2.24, 2.45) is 0 Å². The van der Waals surface area contributed by atoms with Gasteiger partial charge in [0.2, 0.25) is 11.8 Å². The van der Waals surface area contributed by atoms with Gasteiger partial charge in [0.25, 0.3) is 10.0 Å². The summed E-state index contributed by atoms with van der Waals surface area (Å²) in [6.07, 6.45) is 2.17. The van der Waals surface area contributed by atoms with Gasteiger partial charge in [0.15, 0.2) is 0 Å². The van der Waals surface area contributed by atoms with Gasteiger partial charge >= 0.3 is 0 Å². The predicted octanol–water partition coefficient (Wildman–Crippen LogP) is 5.22. The first-order valence-electron chi connectivity index (χ1n) is 13.5. The molecule has 0 spiro atoms. The number of sulfonamides is 1. The maximum absolute atomic E-state index is 14.1. The first-order chi connectivity index (χ1) is 18.7. The van der Waals surface area contributed by atoms with E-state index < -0.39 is 28.5 Å². The fraction of sp³-hybridized carbons (Fsp3) is 0.355. The lowest BCUT2D eigenvalue weighted by Gasteiger charge is -2.34. The lowest BCUT2D eigenvalue weighted by Crippen LogP contribution is -2.52. The van der Waals surface area contributed by atoms with Crippen molar-refractivity contribution < 1.29 is 18.0 Å². The number of hydrogen-bond donors (Lipinski definition) is 1. The summed E-state index contributed by atoms with van der Waals surface area (Å²) in [7, 11) is -4.07. The van der Waals surface area contributed by atoms with E-state index in [1.54, 1.807) is 30.3 Å². The van der Waals surface area contributed by atoms with Crippen LogP contribution in [0.2, 0.25) is 0 Å². The third-order valence-corrected chi connectivity index (χ3v) is 8.59. The second-order valence-corrected chi connectivity index (χ2v) is 11.5. The van der Waals surface area contributed by atoms with Crippen LogP contribution in [0.15, 0.2) is 83.8 Å². The summed E-state index contributed by atoms with van der Waals surface area (Å²) in [5.41, 5.74) is 3.04. The number of nitrogens with one attached hydrogen (secondary N) is 1. The number of anilines is 1. The highest BCUT2D eigenvalue weighted by Gasteiger charge is 2.34. The lowest BCUT2D eigenvalue weighted by atomic mass is 10.1. The summed E-state index contributed by atoms with van der Waals surface area (Å²) in [5.74, 6) is -0.681. The molecule has 3 aromatic rings. The van der Waals surface area contributed by atoms with Crippen LogP contribution in [-0.4, -0.2) is 44.3 Å². The standard InChI is InChI=1S/C31H39N3O4S/c1-5-7-21-32-31(36)28(6-2)33(22-26-17-13-11-15-24(26)3)30(35)23-34(29-20-14-12-16-25(29)4)39(37,38)27-18-9-8-10-19-27/h8-20,28H,5-7,21-23H2,1-4H3,(H,32,36)/t28-/m0/s1. The Morgan fingerprint density at radius 1 is 0.846 bits per heavy atom. The first-order valence-corrected chi connectivity index (χ1v) is 14.9. The van der Waals surface area contributed by atoms with Gasteiger partial charge in [-0.2, -0.15) is 0 Å². The van der Waals surface area contributed by atoms with E-state index in [1.807, 2.05) is 64.1 Å². The number of carbonyl (C=O) groups is 2. The number of benzene rings is 3. The van der Waals surface area contributed by atoms with E-state index in [0.29, 0.717) is 18.7 Å². The largest absolute Gasteiger partial charge is 0.354 e. The summed E-state index contributed by atoms with van der Waals surface area (Å²) in [6.45, 7) is 7.96. The van der Waals surface area contributed by atoms with Gasteiger partial charge in [0.05, 0.1) is 10.6 Å². The van der Waals surface area contributed by atoms with Crippen LogP contribution in [0.1, 0.15) is 49.8 Å². The fourth-order valence-corrected chi connectivity index (χ4v) is 5.97. The van der Waals surface area contributed by atoms with E-state index in [9.17, 15) is 18.0 Å². The Balaban J connectivity index is 2.04. The molecule has 0 aliphatic heterocycles. The molecule has 0 radical (unpaired) electrons. The molecule has 0 fully saturated rings. The molecule has 0 saturated heterocycles. The minimum atomic E-state index is -4.07. The zero-order chi connectivity index (χ0) is 28.4. The van der Waals surface area contributed by atoms with Gasteiger partial charge in [-0.3, -0.25) is 13.9 Å². The fourth-order valence-electron chi connectivity index (χ4n) is 4.47. The Bertz CT molecular complexity index is 1360. The molecule has 208 valence electrons. The summed E-state index contributed by atoms with van der Waals surface area (Å²) in [4.78, 5) is 29.0. The van der Waals surface area contributed by atoms with Crippen LogP contribution in [0.25, 0.3) is 0 Å². The van der Waals surface area contributed by atoms with Crippen molar-refractivity contribution in [2.75, 3.05) is 17.4 Å². The molecule has 0 unspecified atom stereocenters. The number of para-hydroxylation sites is 1. The molecular formula is C31H39N3O4S. The highest BCUT2D eigenvalue weighted by atomic mass is 32.2. The minimum Gasteiger partial charge on any atom is -0.354 e. The molecule has 7 nitrogen and oxygen atoms in total. The second kappa shape index (κ2) is 13.9. The molecular weight excluding hydrogens is 510 g/mol. The summed E-state index contributed by atoms with van der Waals surface area (Å²) < 4.78 is 28.9. The Labute approximate surface area is 232 Å². The molecule has 1 atom stereocenters. The highest BCUT2D eigenvalue weighted by molar-refractivity contribution is 7.92. The predicted molar refractivity (Wildman–Crippen MR) is 156 cm³/mol. The third-order valence-electron chi connectivity index (χ3n) is 6.81. The van der Waals surface area contributed by atoms with Crippen molar-refractivity contribution in [3.8, 4) is 0 Å². The van der Waals surface area contributed by atoms with E-state index in [0.717, 1.165) is 33.8 Å². The average molecular weight is 550 g/mol. The van der Waals surface area contributed by atoms with Crippen LogP contribution in [0, 0.1) is 13.8 Å². The van der Waals surface area contributed by atoms with E-state index in [-0.39, 0.29) is 17.3 Å². The zero-order valence-electron chi connectivity index (χ0n) is 23.3. The van der Waals surface area contributed by atoms with Crippen LogP contribution in [0.5, 0.6) is 0 Å². The number of amides is 2. The van der Waals surface area contributed by atoms with Crippen molar-refractivity contribution >= 4 is 27.5 Å². The smallest absolute Gasteiger partial charge is 0.264 e. The molecule has 2 amide bonds. The van der Waals surface area contributed by atoms with Crippen molar-refractivity contribution in [3.05, 3.63) is 95.6 Å². The lowest BCUT2D eigenvalue weighted by molar-refractivity contribution is -0.140. The van der Waals surface area contributed by atoms with E-state index >= 15 is 0 Å². The molecule has 8 heteroatoms. The van der Waals surface area contributed by atoms with Gasteiger partial charge in [0.1, 0.15) is 12.6 Å². The number of nitrogens with zero attached hydrogens (tertiary/aromatic N) is 2. The Kier molecular flexibility index (Phi) is 10.7. The normalized spacial score (nSPS) is 12.0. The quantitative estimate of drug-likeness (QED) is 0.296. The minimum absolute atomic E-state index is 0.0934. The van der Waals surface area contributed by atoms with Gasteiger partial charge in [-0.25, -0.2) is 8.42 Å². The van der Waals surface area contributed by atoms with Crippen LogP contribution >= 0.6 is 0 Å². The molecule has 0 saturated carbocycles. The molecule has 39 heavy (non-hydrogen) atoms. The van der Waals surface area contributed by atoms with Crippen molar-refractivity contribution in [1.82, 2.24) is 10.2 Å². The van der Waals surface area contributed by atoms with Gasteiger partial charge < -0.3 is 10.2 Å². The number of aryl methyl sites for hydroxylation is 2. The topological polar surface area (TPSA) is 86.8 Å². The van der Waals surface area contributed by atoms with E-state index in [4.69, 9.17) is 0 Å². The average Bonchev–Trinajstić information content (AvgIpc) is 2.93. The molecule has 0 aliphatic rings.